The molecule has 0 atom stereocenters. The zero-order chi connectivity index (χ0) is 13.7. The minimum absolute atomic E-state index is 0.293. The smallest absolute Gasteiger partial charge is 0.336 e. The molecule has 0 saturated carbocycles. The summed E-state index contributed by atoms with van der Waals surface area (Å²) in [5.41, 5.74) is 1.01. The Bertz CT molecular complexity index is 586. The van der Waals surface area contributed by atoms with E-state index in [0.717, 1.165) is 29.3 Å². The first-order chi connectivity index (χ1) is 9.22. The van der Waals surface area contributed by atoms with E-state index in [1.165, 1.54) is 0 Å². The molecule has 19 heavy (non-hydrogen) atoms. The van der Waals surface area contributed by atoms with Gasteiger partial charge in [-0.15, -0.1) is 11.8 Å². The minimum Gasteiger partial charge on any atom is -0.478 e. The van der Waals surface area contributed by atoms with E-state index in [0.29, 0.717) is 10.9 Å². The number of ether oxygens (including phenoxy) is 1. The second-order valence-electron chi connectivity index (χ2n) is 4.02. The lowest BCUT2D eigenvalue weighted by Crippen LogP contribution is -1.98. The molecular weight excluding hydrogens is 262 g/mol. The predicted octanol–water partition coefficient (Wildman–Crippen LogP) is 3.06. The summed E-state index contributed by atoms with van der Waals surface area (Å²) in [6, 6.07) is 8.84. The Hall–Kier alpha value is -1.59. The number of nitrogens with zero attached hydrogens (tertiary/aromatic N) is 1. The first-order valence-corrected chi connectivity index (χ1v) is 6.95. The van der Waals surface area contributed by atoms with E-state index in [4.69, 9.17) is 9.84 Å². The normalized spacial score (nSPS) is 10.8. The Labute approximate surface area is 115 Å². The maximum Gasteiger partial charge on any atom is 0.336 e. The molecule has 0 unspecified atom stereocenters. The van der Waals surface area contributed by atoms with Gasteiger partial charge < -0.3 is 9.84 Å². The SMILES string of the molecule is COCCCSc1ccc2c(C(=O)O)cccc2n1. The molecule has 0 fully saturated rings. The van der Waals surface area contributed by atoms with Crippen LogP contribution < -0.4 is 0 Å². The summed E-state index contributed by atoms with van der Waals surface area (Å²) in [7, 11) is 1.69. The number of carboxylic acid groups (broad SMARTS) is 1. The molecule has 5 heteroatoms. The molecule has 2 aromatic rings. The molecule has 1 N–H and O–H groups in total. The van der Waals surface area contributed by atoms with Gasteiger partial charge in [-0.05, 0) is 30.7 Å². The molecule has 1 heterocycles. The lowest BCUT2D eigenvalue weighted by atomic mass is 10.1. The van der Waals surface area contributed by atoms with E-state index < -0.39 is 5.97 Å². The molecule has 1 aromatic carbocycles. The van der Waals surface area contributed by atoms with Crippen LogP contribution in [0.15, 0.2) is 35.4 Å². The number of thioether (sulfide) groups is 1. The van der Waals surface area contributed by atoms with Gasteiger partial charge in [-0.1, -0.05) is 6.07 Å². The Morgan fingerprint density at radius 1 is 1.37 bits per heavy atom. The molecule has 1 aromatic heterocycles. The fourth-order valence-corrected chi connectivity index (χ4v) is 2.58. The van der Waals surface area contributed by atoms with Crippen molar-refractivity contribution in [2.75, 3.05) is 19.5 Å². The highest BCUT2D eigenvalue weighted by molar-refractivity contribution is 7.99. The summed E-state index contributed by atoms with van der Waals surface area (Å²) < 4.78 is 4.99. The summed E-state index contributed by atoms with van der Waals surface area (Å²) >= 11 is 1.65. The van der Waals surface area contributed by atoms with E-state index in [-0.39, 0.29) is 0 Å². The second-order valence-corrected chi connectivity index (χ2v) is 5.14. The maximum absolute atomic E-state index is 11.1. The van der Waals surface area contributed by atoms with Crippen LogP contribution in [-0.4, -0.2) is 35.5 Å². The van der Waals surface area contributed by atoms with Crippen LogP contribution in [0.4, 0.5) is 0 Å². The maximum atomic E-state index is 11.1. The number of methoxy groups -OCH3 is 1. The molecule has 0 saturated heterocycles. The van der Waals surface area contributed by atoms with Gasteiger partial charge in [0.25, 0.3) is 0 Å². The number of benzene rings is 1. The third-order valence-electron chi connectivity index (χ3n) is 2.68. The first kappa shape index (κ1) is 13.8. The van der Waals surface area contributed by atoms with Crippen molar-refractivity contribution in [3.8, 4) is 0 Å². The zero-order valence-electron chi connectivity index (χ0n) is 10.6. The van der Waals surface area contributed by atoms with Gasteiger partial charge in [-0.2, -0.15) is 0 Å². The van der Waals surface area contributed by atoms with Crippen LogP contribution >= 0.6 is 11.8 Å². The van der Waals surface area contributed by atoms with Crippen molar-refractivity contribution in [1.29, 1.82) is 0 Å². The quantitative estimate of drug-likeness (QED) is 0.649. The van der Waals surface area contributed by atoms with Crippen molar-refractivity contribution in [3.05, 3.63) is 35.9 Å². The molecule has 0 aliphatic carbocycles. The van der Waals surface area contributed by atoms with Crippen LogP contribution in [-0.2, 0) is 4.74 Å². The third kappa shape index (κ3) is 3.45. The van der Waals surface area contributed by atoms with Gasteiger partial charge in [0.2, 0.25) is 0 Å². The van der Waals surface area contributed by atoms with E-state index in [2.05, 4.69) is 4.98 Å². The van der Waals surface area contributed by atoms with Crippen molar-refractivity contribution < 1.29 is 14.6 Å². The molecule has 4 nitrogen and oxygen atoms in total. The highest BCUT2D eigenvalue weighted by Crippen LogP contribution is 2.23. The summed E-state index contributed by atoms with van der Waals surface area (Å²) in [6.07, 6.45) is 0.968. The number of carbonyl (C=O) groups is 1. The van der Waals surface area contributed by atoms with Gasteiger partial charge in [0, 0.05) is 24.9 Å². The van der Waals surface area contributed by atoms with Gasteiger partial charge in [-0.25, -0.2) is 9.78 Å². The van der Waals surface area contributed by atoms with Crippen LogP contribution in [0.5, 0.6) is 0 Å². The first-order valence-electron chi connectivity index (χ1n) is 5.97. The van der Waals surface area contributed by atoms with Crippen molar-refractivity contribution in [3.63, 3.8) is 0 Å². The Kier molecular flexibility index (Phi) is 4.76. The van der Waals surface area contributed by atoms with Crippen LogP contribution in [0.3, 0.4) is 0 Å². The fourth-order valence-electron chi connectivity index (χ4n) is 1.78. The van der Waals surface area contributed by atoms with Crippen molar-refractivity contribution in [1.82, 2.24) is 4.98 Å². The third-order valence-corrected chi connectivity index (χ3v) is 3.70. The number of rotatable bonds is 6. The van der Waals surface area contributed by atoms with Gasteiger partial charge in [-0.3, -0.25) is 0 Å². The Morgan fingerprint density at radius 3 is 2.95 bits per heavy atom. The standard InChI is InChI=1S/C14H15NO3S/c1-18-8-3-9-19-13-7-6-10-11(14(16)17)4-2-5-12(10)15-13/h2,4-7H,3,8-9H2,1H3,(H,16,17). The number of aromatic carboxylic acids is 1. The summed E-state index contributed by atoms with van der Waals surface area (Å²) in [5.74, 6) is 0.0122. The molecule has 0 bridgehead atoms. The van der Waals surface area contributed by atoms with E-state index in [1.807, 2.05) is 18.2 Å². The van der Waals surface area contributed by atoms with E-state index in [1.54, 1.807) is 31.0 Å². The van der Waals surface area contributed by atoms with Crippen molar-refractivity contribution in [2.45, 2.75) is 11.4 Å². The summed E-state index contributed by atoms with van der Waals surface area (Å²) in [6.45, 7) is 0.740. The van der Waals surface area contributed by atoms with Crippen molar-refractivity contribution in [2.24, 2.45) is 0 Å². The second kappa shape index (κ2) is 6.54. The molecule has 0 spiro atoms. The lowest BCUT2D eigenvalue weighted by molar-refractivity contribution is 0.0699. The number of aromatic nitrogens is 1. The van der Waals surface area contributed by atoms with Crippen LogP contribution in [0.1, 0.15) is 16.8 Å². The van der Waals surface area contributed by atoms with Gasteiger partial charge in [0.05, 0.1) is 16.1 Å². The highest BCUT2D eigenvalue weighted by Gasteiger charge is 2.09. The Balaban J connectivity index is 2.19. The van der Waals surface area contributed by atoms with Crippen LogP contribution in [0.25, 0.3) is 10.9 Å². The molecule has 2 rings (SSSR count). The van der Waals surface area contributed by atoms with E-state index >= 15 is 0 Å². The number of fused-ring (bicyclic) bond motifs is 1. The number of pyridine rings is 1. The highest BCUT2D eigenvalue weighted by atomic mass is 32.2. The molecule has 0 aliphatic rings. The molecule has 100 valence electrons. The molecule has 0 radical (unpaired) electrons. The predicted molar refractivity (Wildman–Crippen MR) is 75.9 cm³/mol. The minimum atomic E-state index is -0.923. The molecule has 0 aliphatic heterocycles. The topological polar surface area (TPSA) is 59.4 Å². The summed E-state index contributed by atoms with van der Waals surface area (Å²) in [5, 5.41) is 10.7. The van der Waals surface area contributed by atoms with Gasteiger partial charge in [0.15, 0.2) is 0 Å². The van der Waals surface area contributed by atoms with Crippen molar-refractivity contribution >= 4 is 28.6 Å². The Morgan fingerprint density at radius 2 is 2.21 bits per heavy atom. The van der Waals surface area contributed by atoms with Gasteiger partial charge >= 0.3 is 5.97 Å². The monoisotopic (exact) mass is 277 g/mol. The molecular formula is C14H15NO3S. The number of hydrogen-bond acceptors (Lipinski definition) is 4. The summed E-state index contributed by atoms with van der Waals surface area (Å²) in [4.78, 5) is 15.6. The zero-order valence-corrected chi connectivity index (χ0v) is 11.4. The van der Waals surface area contributed by atoms with Crippen LogP contribution in [0, 0.1) is 0 Å². The number of hydrogen-bond donors (Lipinski definition) is 1. The largest absolute Gasteiger partial charge is 0.478 e. The van der Waals surface area contributed by atoms with E-state index in [9.17, 15) is 4.79 Å². The average molecular weight is 277 g/mol. The molecule has 0 amide bonds. The van der Waals surface area contributed by atoms with Gasteiger partial charge in [0.1, 0.15) is 0 Å². The fraction of sp³-hybridized carbons (Fsp3) is 0.286. The lowest BCUT2D eigenvalue weighted by Gasteiger charge is -2.05. The van der Waals surface area contributed by atoms with Crippen LogP contribution in [0.2, 0.25) is 0 Å². The average Bonchev–Trinajstić information content (AvgIpc) is 2.42. The number of carboxylic acids is 1.